The molecule has 33 heavy (non-hydrogen) atoms. The molecule has 1 saturated heterocycles. The van der Waals surface area contributed by atoms with Crippen LogP contribution in [-0.4, -0.2) is 57.5 Å². The number of rotatable bonds is 6. The molecule has 0 bridgehead atoms. The third-order valence-electron chi connectivity index (χ3n) is 5.42. The fraction of sp³-hybridized carbons (Fsp3) is 0.375. The highest BCUT2D eigenvalue weighted by atomic mass is 35.5. The van der Waals surface area contributed by atoms with Crippen molar-refractivity contribution in [1.29, 1.82) is 0 Å². The van der Waals surface area contributed by atoms with Crippen LogP contribution in [0.25, 0.3) is 0 Å². The van der Waals surface area contributed by atoms with Crippen molar-refractivity contribution < 1.29 is 24.6 Å². The molecular weight excluding hydrogens is 467 g/mol. The van der Waals surface area contributed by atoms with Crippen molar-refractivity contribution in [2.24, 2.45) is 5.92 Å². The molecule has 9 heteroatoms. The van der Waals surface area contributed by atoms with Gasteiger partial charge in [-0.15, -0.1) is 0 Å². The number of carboxylic acids is 2. The van der Waals surface area contributed by atoms with Crippen LogP contribution in [0, 0.1) is 5.92 Å². The maximum absolute atomic E-state index is 13.0. The molecule has 0 radical (unpaired) electrons. The van der Waals surface area contributed by atoms with Crippen LogP contribution in [0.4, 0.5) is 0 Å². The van der Waals surface area contributed by atoms with Crippen LogP contribution in [-0.2, 0) is 27.5 Å². The first kappa shape index (κ1) is 26.6. The summed E-state index contributed by atoms with van der Waals surface area (Å²) in [5.74, 6) is -3.24. The van der Waals surface area contributed by atoms with Crippen molar-refractivity contribution >= 4 is 41.0 Å². The molecule has 178 valence electrons. The highest BCUT2D eigenvalue weighted by Crippen LogP contribution is 2.25. The summed E-state index contributed by atoms with van der Waals surface area (Å²) in [5.41, 5.74) is 2.35. The molecule has 2 aromatic carbocycles. The molecule has 3 rings (SSSR count). The molecule has 1 fully saturated rings. The topological polar surface area (TPSA) is 98.2 Å². The lowest BCUT2D eigenvalue weighted by molar-refractivity contribution is -0.159. The summed E-state index contributed by atoms with van der Waals surface area (Å²) >= 11 is 12.1. The number of amides is 1. The molecule has 0 atom stereocenters. The minimum absolute atomic E-state index is 0.124. The van der Waals surface area contributed by atoms with Crippen LogP contribution in [0.3, 0.4) is 0 Å². The van der Waals surface area contributed by atoms with E-state index in [4.69, 9.17) is 43.0 Å². The fourth-order valence-corrected chi connectivity index (χ4v) is 3.96. The molecule has 0 aliphatic carbocycles. The largest absolute Gasteiger partial charge is 0.473 e. The third kappa shape index (κ3) is 8.68. The van der Waals surface area contributed by atoms with E-state index in [9.17, 15) is 4.79 Å². The smallest absolute Gasteiger partial charge is 0.414 e. The Bertz CT molecular complexity index is 935. The first-order chi connectivity index (χ1) is 15.7. The van der Waals surface area contributed by atoms with Gasteiger partial charge < -0.3 is 15.1 Å². The predicted molar refractivity (Wildman–Crippen MR) is 127 cm³/mol. The van der Waals surface area contributed by atoms with E-state index in [2.05, 4.69) is 24.0 Å². The number of nitrogens with zero attached hydrogens (tertiary/aromatic N) is 2. The van der Waals surface area contributed by atoms with Crippen LogP contribution in [0.15, 0.2) is 48.5 Å². The van der Waals surface area contributed by atoms with Gasteiger partial charge in [0.05, 0.1) is 10.0 Å². The van der Waals surface area contributed by atoms with E-state index < -0.39 is 11.9 Å². The molecule has 1 amide bonds. The molecule has 0 unspecified atom stereocenters. The van der Waals surface area contributed by atoms with Crippen molar-refractivity contribution in [2.75, 3.05) is 19.6 Å². The maximum Gasteiger partial charge on any atom is 0.414 e. The molecule has 0 aromatic heterocycles. The minimum atomic E-state index is -1.82. The van der Waals surface area contributed by atoms with Crippen molar-refractivity contribution in [2.45, 2.75) is 32.9 Å². The Morgan fingerprint density at radius 1 is 0.939 bits per heavy atom. The molecule has 0 saturated carbocycles. The summed E-state index contributed by atoms with van der Waals surface area (Å²) < 4.78 is 0. The monoisotopic (exact) mass is 494 g/mol. The summed E-state index contributed by atoms with van der Waals surface area (Å²) in [7, 11) is 0. The van der Waals surface area contributed by atoms with E-state index in [0.717, 1.165) is 44.6 Å². The van der Waals surface area contributed by atoms with Gasteiger partial charge in [-0.2, -0.15) is 0 Å². The van der Waals surface area contributed by atoms with E-state index in [0.29, 0.717) is 16.6 Å². The van der Waals surface area contributed by atoms with Gasteiger partial charge in [-0.1, -0.05) is 59.6 Å². The van der Waals surface area contributed by atoms with Crippen molar-refractivity contribution in [1.82, 2.24) is 9.80 Å². The van der Waals surface area contributed by atoms with Crippen molar-refractivity contribution in [3.8, 4) is 0 Å². The Hall–Kier alpha value is -2.61. The number of hydrogen-bond donors (Lipinski definition) is 2. The normalized spacial score (nSPS) is 14.2. The van der Waals surface area contributed by atoms with Gasteiger partial charge in [0, 0.05) is 25.6 Å². The van der Waals surface area contributed by atoms with Gasteiger partial charge in [0.25, 0.3) is 0 Å². The summed E-state index contributed by atoms with van der Waals surface area (Å²) in [6, 6.07) is 16.0. The molecule has 2 N–H and O–H groups in total. The van der Waals surface area contributed by atoms with Crippen LogP contribution in [0.2, 0.25) is 10.0 Å². The van der Waals surface area contributed by atoms with Crippen LogP contribution >= 0.6 is 23.2 Å². The first-order valence-corrected chi connectivity index (χ1v) is 11.4. The van der Waals surface area contributed by atoms with Gasteiger partial charge in [-0.25, -0.2) is 9.59 Å². The predicted octanol–water partition coefficient (Wildman–Crippen LogP) is 4.41. The Morgan fingerprint density at radius 3 is 2.06 bits per heavy atom. The average molecular weight is 495 g/mol. The second-order valence-corrected chi connectivity index (χ2v) is 8.56. The van der Waals surface area contributed by atoms with Gasteiger partial charge in [-0.3, -0.25) is 9.69 Å². The third-order valence-corrected chi connectivity index (χ3v) is 6.16. The fourth-order valence-electron chi connectivity index (χ4n) is 3.64. The Balaban J connectivity index is 0.000000569. The maximum atomic E-state index is 13.0. The number of carbonyl (C=O) groups excluding carboxylic acids is 1. The van der Waals surface area contributed by atoms with E-state index in [1.54, 1.807) is 0 Å². The van der Waals surface area contributed by atoms with Gasteiger partial charge in [0.1, 0.15) is 0 Å². The second kappa shape index (κ2) is 13.2. The summed E-state index contributed by atoms with van der Waals surface area (Å²) in [6.45, 7) is 6.20. The minimum Gasteiger partial charge on any atom is -0.473 e. The zero-order chi connectivity index (χ0) is 24.4. The van der Waals surface area contributed by atoms with Gasteiger partial charge in [0.2, 0.25) is 5.91 Å². The molecule has 7 nitrogen and oxygen atoms in total. The van der Waals surface area contributed by atoms with Gasteiger partial charge in [-0.05, 0) is 56.1 Å². The van der Waals surface area contributed by atoms with Crippen LogP contribution in [0.5, 0.6) is 0 Å². The number of likely N-dealkylation sites (tertiary alicyclic amines) is 1. The Morgan fingerprint density at radius 2 is 1.55 bits per heavy atom. The van der Waals surface area contributed by atoms with Crippen LogP contribution in [0.1, 0.15) is 30.9 Å². The molecule has 1 heterocycles. The SMILES string of the molecule is CCN(Cc1ccccc1)C(=O)C1CCN(Cc2ccc(Cl)c(Cl)c2)CC1.O=C(O)C(=O)O. The van der Waals surface area contributed by atoms with Crippen molar-refractivity contribution in [3.05, 3.63) is 69.7 Å². The molecule has 1 aliphatic rings. The van der Waals surface area contributed by atoms with Gasteiger partial charge >= 0.3 is 11.9 Å². The highest BCUT2D eigenvalue weighted by molar-refractivity contribution is 6.42. The zero-order valence-corrected chi connectivity index (χ0v) is 19.9. The number of halogens is 2. The lowest BCUT2D eigenvalue weighted by atomic mass is 9.94. The number of benzene rings is 2. The van der Waals surface area contributed by atoms with Crippen molar-refractivity contribution in [3.63, 3.8) is 0 Å². The number of carbonyl (C=O) groups is 3. The van der Waals surface area contributed by atoms with E-state index in [1.165, 1.54) is 5.56 Å². The van der Waals surface area contributed by atoms with E-state index in [1.807, 2.05) is 41.3 Å². The van der Waals surface area contributed by atoms with E-state index in [-0.39, 0.29) is 11.8 Å². The summed E-state index contributed by atoms with van der Waals surface area (Å²) in [6.07, 6.45) is 1.82. The molecule has 1 aliphatic heterocycles. The van der Waals surface area contributed by atoms with Crippen LogP contribution < -0.4 is 0 Å². The summed E-state index contributed by atoms with van der Waals surface area (Å²) in [5, 5.41) is 16.0. The lowest BCUT2D eigenvalue weighted by Crippen LogP contribution is -2.42. The lowest BCUT2D eigenvalue weighted by Gasteiger charge is -2.34. The number of carboxylic acid groups (broad SMARTS) is 2. The first-order valence-electron chi connectivity index (χ1n) is 10.7. The van der Waals surface area contributed by atoms with Gasteiger partial charge in [0.15, 0.2) is 0 Å². The Labute approximate surface area is 203 Å². The average Bonchev–Trinajstić information content (AvgIpc) is 2.81. The summed E-state index contributed by atoms with van der Waals surface area (Å²) in [4.78, 5) is 35.5. The Kier molecular flexibility index (Phi) is 10.6. The quantitative estimate of drug-likeness (QED) is 0.577. The standard InChI is InChI=1S/C22H26Cl2N2O.C2H2O4/c1-2-26(16-17-6-4-3-5-7-17)22(27)19-10-12-25(13-11-19)15-18-8-9-20(23)21(24)14-18;3-1(4)2(5)6/h3-9,14,19H,2,10-13,15-16H2,1H3;(H,3,4)(H,5,6). The number of hydrogen-bond acceptors (Lipinski definition) is 4. The zero-order valence-electron chi connectivity index (χ0n) is 18.4. The number of aliphatic carboxylic acids is 2. The van der Waals surface area contributed by atoms with E-state index >= 15 is 0 Å². The molecular formula is C24H28Cl2N2O5. The molecule has 2 aromatic rings. The highest BCUT2D eigenvalue weighted by Gasteiger charge is 2.28. The molecule has 0 spiro atoms. The number of piperidine rings is 1. The second-order valence-electron chi connectivity index (χ2n) is 7.75.